The average Bonchev–Trinajstić information content (AvgIpc) is 2.49. The molecule has 0 amide bonds. The van der Waals surface area contributed by atoms with Crippen LogP contribution >= 0.6 is 0 Å². The number of hydrogen-bond donors (Lipinski definition) is 0. The zero-order valence-corrected chi connectivity index (χ0v) is 10.1. The van der Waals surface area contributed by atoms with Crippen LogP contribution in [0.5, 0.6) is 0 Å². The third kappa shape index (κ3) is 2.15. The van der Waals surface area contributed by atoms with Gasteiger partial charge in [0, 0.05) is 0 Å². The van der Waals surface area contributed by atoms with Crippen molar-refractivity contribution in [2.45, 2.75) is 0 Å². The Labute approximate surface area is 110 Å². The number of hydrogen-bond acceptors (Lipinski definition) is 3. The maximum absolute atomic E-state index is 12.4. The molecule has 0 radical (unpaired) electrons. The van der Waals surface area contributed by atoms with Crippen LogP contribution in [0, 0.1) is 0 Å². The van der Waals surface area contributed by atoms with Gasteiger partial charge in [-0.2, -0.15) is 4.68 Å². The van der Waals surface area contributed by atoms with E-state index in [0.29, 0.717) is 11.3 Å². The molecular formula is C15H11N3O. The van der Waals surface area contributed by atoms with Gasteiger partial charge in [0.2, 0.25) is 0 Å². The lowest BCUT2D eigenvalue weighted by atomic mass is 10.1. The second kappa shape index (κ2) is 4.86. The molecule has 0 aliphatic heterocycles. The number of para-hydroxylation sites is 1. The van der Waals surface area contributed by atoms with Gasteiger partial charge in [-0.25, -0.2) is 0 Å². The van der Waals surface area contributed by atoms with E-state index < -0.39 is 0 Å². The molecule has 0 saturated heterocycles. The molecular weight excluding hydrogens is 238 g/mol. The van der Waals surface area contributed by atoms with Crippen molar-refractivity contribution in [3.05, 3.63) is 77.2 Å². The molecule has 19 heavy (non-hydrogen) atoms. The summed E-state index contributed by atoms with van der Waals surface area (Å²) in [6, 6.07) is 18.7. The van der Waals surface area contributed by atoms with Crippen LogP contribution < -0.4 is 5.56 Å². The summed E-state index contributed by atoms with van der Waals surface area (Å²) in [5.74, 6) is 0. The van der Waals surface area contributed by atoms with Crippen LogP contribution in [-0.2, 0) is 0 Å². The lowest BCUT2D eigenvalue weighted by Gasteiger charge is -2.05. The average molecular weight is 249 g/mol. The smallest absolute Gasteiger partial charge is 0.267 e. The molecule has 3 aromatic rings. The van der Waals surface area contributed by atoms with Gasteiger partial charge in [-0.3, -0.25) is 4.79 Å². The quantitative estimate of drug-likeness (QED) is 0.700. The number of aromatic nitrogens is 3. The fraction of sp³-hybridized carbons (Fsp3) is 0. The molecule has 3 rings (SSSR count). The van der Waals surface area contributed by atoms with Gasteiger partial charge < -0.3 is 0 Å². The summed E-state index contributed by atoms with van der Waals surface area (Å²) < 4.78 is 1.31. The molecule has 0 unspecified atom stereocenters. The Kier molecular flexibility index (Phi) is 2.90. The fourth-order valence-electron chi connectivity index (χ4n) is 1.90. The van der Waals surface area contributed by atoms with E-state index in [4.69, 9.17) is 0 Å². The van der Waals surface area contributed by atoms with Crippen LogP contribution in [0.15, 0.2) is 71.7 Å². The normalized spacial score (nSPS) is 10.3. The van der Waals surface area contributed by atoms with Crippen molar-refractivity contribution in [3.63, 3.8) is 0 Å². The van der Waals surface area contributed by atoms with Gasteiger partial charge in [-0.05, 0) is 17.7 Å². The molecule has 0 N–H and O–H groups in total. The van der Waals surface area contributed by atoms with E-state index in [1.54, 1.807) is 0 Å². The highest BCUT2D eigenvalue weighted by molar-refractivity contribution is 5.61. The zero-order chi connectivity index (χ0) is 13.1. The Morgan fingerprint density at radius 1 is 0.842 bits per heavy atom. The van der Waals surface area contributed by atoms with Gasteiger partial charge in [-0.1, -0.05) is 53.7 Å². The minimum atomic E-state index is -0.174. The second-order valence-electron chi connectivity index (χ2n) is 4.07. The predicted molar refractivity (Wildman–Crippen MR) is 73.1 cm³/mol. The number of nitrogens with zero attached hydrogens (tertiary/aromatic N) is 3. The van der Waals surface area contributed by atoms with Crippen molar-refractivity contribution in [1.82, 2.24) is 15.0 Å². The minimum absolute atomic E-state index is 0.174. The van der Waals surface area contributed by atoms with E-state index in [2.05, 4.69) is 10.3 Å². The van der Waals surface area contributed by atoms with Crippen LogP contribution in [0.4, 0.5) is 0 Å². The topological polar surface area (TPSA) is 47.8 Å². The first kappa shape index (κ1) is 11.3. The van der Waals surface area contributed by atoms with Crippen LogP contribution in [0.1, 0.15) is 0 Å². The van der Waals surface area contributed by atoms with Crippen molar-refractivity contribution < 1.29 is 0 Å². The van der Waals surface area contributed by atoms with Gasteiger partial charge in [0.15, 0.2) is 0 Å². The molecule has 0 aliphatic rings. The van der Waals surface area contributed by atoms with Gasteiger partial charge in [0.25, 0.3) is 5.56 Å². The molecule has 4 heteroatoms. The molecule has 0 spiro atoms. The Balaban J connectivity index is 2.18. The maximum Gasteiger partial charge on any atom is 0.282 e. The molecule has 0 fully saturated rings. The molecule has 4 nitrogen and oxygen atoms in total. The molecule has 2 aromatic carbocycles. The summed E-state index contributed by atoms with van der Waals surface area (Å²) in [6.07, 6.45) is 1.50. The standard InChI is InChI=1S/C15H11N3O/c19-15-14(12-7-3-1-4-8-12)11-16-17-18(15)13-9-5-2-6-10-13/h1-11H. The highest BCUT2D eigenvalue weighted by Gasteiger charge is 2.08. The van der Waals surface area contributed by atoms with E-state index >= 15 is 0 Å². The first-order chi connectivity index (χ1) is 9.36. The molecule has 0 saturated carbocycles. The van der Waals surface area contributed by atoms with E-state index in [9.17, 15) is 4.79 Å². The van der Waals surface area contributed by atoms with Crippen LogP contribution in [0.25, 0.3) is 16.8 Å². The van der Waals surface area contributed by atoms with Gasteiger partial charge in [0.05, 0.1) is 17.4 Å². The summed E-state index contributed by atoms with van der Waals surface area (Å²) in [4.78, 5) is 12.4. The molecule has 1 heterocycles. The van der Waals surface area contributed by atoms with Crippen molar-refractivity contribution >= 4 is 0 Å². The molecule has 0 atom stereocenters. The Morgan fingerprint density at radius 2 is 1.47 bits per heavy atom. The third-order valence-corrected chi connectivity index (χ3v) is 2.84. The third-order valence-electron chi connectivity index (χ3n) is 2.84. The van der Waals surface area contributed by atoms with Gasteiger partial charge >= 0.3 is 0 Å². The van der Waals surface area contributed by atoms with E-state index in [1.807, 2.05) is 60.7 Å². The lowest BCUT2D eigenvalue weighted by Crippen LogP contribution is -2.23. The molecule has 0 bridgehead atoms. The van der Waals surface area contributed by atoms with Crippen LogP contribution in [-0.4, -0.2) is 15.0 Å². The van der Waals surface area contributed by atoms with Crippen molar-refractivity contribution in [1.29, 1.82) is 0 Å². The molecule has 0 aliphatic carbocycles. The number of rotatable bonds is 2. The summed E-state index contributed by atoms with van der Waals surface area (Å²) >= 11 is 0. The minimum Gasteiger partial charge on any atom is -0.267 e. The van der Waals surface area contributed by atoms with Crippen molar-refractivity contribution in [3.8, 4) is 16.8 Å². The largest absolute Gasteiger partial charge is 0.282 e. The van der Waals surface area contributed by atoms with E-state index in [0.717, 1.165) is 5.56 Å². The summed E-state index contributed by atoms with van der Waals surface area (Å²) in [5.41, 5.74) is 1.91. The highest BCUT2D eigenvalue weighted by Crippen LogP contribution is 2.13. The first-order valence-electron chi connectivity index (χ1n) is 5.92. The maximum atomic E-state index is 12.4. The van der Waals surface area contributed by atoms with E-state index in [-0.39, 0.29) is 5.56 Å². The molecule has 1 aromatic heterocycles. The van der Waals surface area contributed by atoms with Crippen molar-refractivity contribution in [2.24, 2.45) is 0 Å². The summed E-state index contributed by atoms with van der Waals surface area (Å²) in [5, 5.41) is 7.80. The Hall–Kier alpha value is -2.75. The van der Waals surface area contributed by atoms with Crippen LogP contribution in [0.2, 0.25) is 0 Å². The van der Waals surface area contributed by atoms with Crippen LogP contribution in [0.3, 0.4) is 0 Å². The summed E-state index contributed by atoms with van der Waals surface area (Å²) in [7, 11) is 0. The Bertz CT molecular complexity index is 675. The SMILES string of the molecule is O=c1c(-c2ccccc2)cnnn1-c1ccccc1. The zero-order valence-electron chi connectivity index (χ0n) is 10.1. The first-order valence-corrected chi connectivity index (χ1v) is 5.92. The Morgan fingerprint density at radius 3 is 2.16 bits per heavy atom. The fourth-order valence-corrected chi connectivity index (χ4v) is 1.90. The lowest BCUT2D eigenvalue weighted by molar-refractivity contribution is 0.719. The monoisotopic (exact) mass is 249 g/mol. The molecule has 92 valence electrons. The second-order valence-corrected chi connectivity index (χ2v) is 4.07. The predicted octanol–water partition coefficient (Wildman–Crippen LogP) is 2.29. The highest BCUT2D eigenvalue weighted by atomic mass is 16.1. The van der Waals surface area contributed by atoms with E-state index in [1.165, 1.54) is 10.9 Å². The van der Waals surface area contributed by atoms with Gasteiger partial charge in [0.1, 0.15) is 0 Å². The van der Waals surface area contributed by atoms with Crippen molar-refractivity contribution in [2.75, 3.05) is 0 Å². The van der Waals surface area contributed by atoms with Gasteiger partial charge in [-0.15, -0.1) is 5.10 Å². The summed E-state index contributed by atoms with van der Waals surface area (Å²) in [6.45, 7) is 0. The number of benzene rings is 2.